The van der Waals surface area contributed by atoms with Crippen LogP contribution in [0.4, 0.5) is 5.82 Å². The lowest BCUT2D eigenvalue weighted by Gasteiger charge is -2.12. The van der Waals surface area contributed by atoms with Gasteiger partial charge in [-0.3, -0.25) is 0 Å². The van der Waals surface area contributed by atoms with Crippen LogP contribution >= 0.6 is 0 Å². The summed E-state index contributed by atoms with van der Waals surface area (Å²) in [5, 5.41) is 3.16. The van der Waals surface area contributed by atoms with E-state index in [9.17, 15) is 0 Å². The number of anilines is 1. The molecule has 1 heterocycles. The molecule has 19 heavy (non-hydrogen) atoms. The highest BCUT2D eigenvalue weighted by molar-refractivity contribution is 5.72. The Kier molecular flexibility index (Phi) is 4.18. The van der Waals surface area contributed by atoms with Crippen molar-refractivity contribution in [3.05, 3.63) is 30.6 Å². The zero-order valence-corrected chi connectivity index (χ0v) is 11.3. The van der Waals surface area contributed by atoms with E-state index in [0.29, 0.717) is 11.5 Å². The van der Waals surface area contributed by atoms with Crippen molar-refractivity contribution < 1.29 is 9.47 Å². The first-order valence-corrected chi connectivity index (χ1v) is 6.07. The number of nitrogens with one attached hydrogen (secondary N) is 1. The molecule has 2 rings (SSSR count). The predicted molar refractivity (Wildman–Crippen MR) is 74.7 cm³/mol. The lowest BCUT2D eigenvalue weighted by atomic mass is 10.1. The summed E-state index contributed by atoms with van der Waals surface area (Å²) in [4.78, 5) is 8.45. The maximum absolute atomic E-state index is 5.42. The molecule has 2 aromatic rings. The Bertz CT molecular complexity index is 558. The lowest BCUT2D eigenvalue weighted by molar-refractivity contribution is 0.356. The highest BCUT2D eigenvalue weighted by Crippen LogP contribution is 2.37. The molecule has 100 valence electrons. The van der Waals surface area contributed by atoms with Crippen LogP contribution in [-0.2, 0) is 0 Å². The first-order chi connectivity index (χ1) is 9.30. The van der Waals surface area contributed by atoms with E-state index in [1.54, 1.807) is 14.2 Å². The highest BCUT2D eigenvalue weighted by atomic mass is 16.5. The number of hydrogen-bond acceptors (Lipinski definition) is 5. The molecular formula is C14H17N3O2. The van der Waals surface area contributed by atoms with Crippen LogP contribution < -0.4 is 14.8 Å². The molecule has 0 aliphatic carbocycles. The molecule has 1 aromatic heterocycles. The van der Waals surface area contributed by atoms with Crippen molar-refractivity contribution in [1.82, 2.24) is 9.97 Å². The van der Waals surface area contributed by atoms with Gasteiger partial charge in [-0.2, -0.15) is 0 Å². The summed E-state index contributed by atoms with van der Waals surface area (Å²) in [5.41, 5.74) is 1.67. The van der Waals surface area contributed by atoms with Gasteiger partial charge in [-0.25, -0.2) is 9.97 Å². The Morgan fingerprint density at radius 1 is 1.16 bits per heavy atom. The van der Waals surface area contributed by atoms with Crippen molar-refractivity contribution in [3.63, 3.8) is 0 Å². The highest BCUT2D eigenvalue weighted by Gasteiger charge is 2.12. The van der Waals surface area contributed by atoms with Crippen molar-refractivity contribution in [1.29, 1.82) is 0 Å². The van der Waals surface area contributed by atoms with Crippen LogP contribution in [0.1, 0.15) is 6.92 Å². The van der Waals surface area contributed by atoms with Gasteiger partial charge in [-0.15, -0.1) is 0 Å². The number of hydrogen-bond donors (Lipinski definition) is 1. The predicted octanol–water partition coefficient (Wildman–Crippen LogP) is 2.59. The summed E-state index contributed by atoms with van der Waals surface area (Å²) in [6.07, 6.45) is 1.53. The molecule has 1 aromatic carbocycles. The van der Waals surface area contributed by atoms with E-state index in [-0.39, 0.29) is 0 Å². The average Bonchev–Trinajstić information content (AvgIpc) is 2.47. The van der Waals surface area contributed by atoms with Crippen molar-refractivity contribution in [3.8, 4) is 22.8 Å². The second kappa shape index (κ2) is 6.04. The molecule has 0 unspecified atom stereocenters. The maximum atomic E-state index is 5.42. The number of ether oxygens (including phenoxy) is 2. The summed E-state index contributed by atoms with van der Waals surface area (Å²) in [6.45, 7) is 2.83. The van der Waals surface area contributed by atoms with E-state index in [4.69, 9.17) is 9.47 Å². The Balaban J connectivity index is 2.49. The van der Waals surface area contributed by atoms with Crippen LogP contribution in [0.5, 0.6) is 11.5 Å². The summed E-state index contributed by atoms with van der Waals surface area (Å²) in [5.74, 6) is 2.15. The van der Waals surface area contributed by atoms with Crippen LogP contribution in [-0.4, -0.2) is 30.7 Å². The van der Waals surface area contributed by atoms with E-state index in [1.807, 2.05) is 31.2 Å². The zero-order chi connectivity index (χ0) is 13.7. The number of para-hydroxylation sites is 1. The average molecular weight is 259 g/mol. The minimum absolute atomic E-state index is 0.672. The first kappa shape index (κ1) is 13.1. The van der Waals surface area contributed by atoms with Crippen LogP contribution in [0, 0.1) is 0 Å². The largest absolute Gasteiger partial charge is 0.493 e. The van der Waals surface area contributed by atoms with Crippen molar-refractivity contribution >= 4 is 5.82 Å². The summed E-state index contributed by atoms with van der Waals surface area (Å²) < 4.78 is 10.7. The van der Waals surface area contributed by atoms with Crippen molar-refractivity contribution in [2.75, 3.05) is 26.1 Å². The molecule has 1 N–H and O–H groups in total. The molecule has 0 saturated carbocycles. The van der Waals surface area contributed by atoms with Gasteiger partial charge in [0.2, 0.25) is 0 Å². The summed E-state index contributed by atoms with van der Waals surface area (Å²) >= 11 is 0. The van der Waals surface area contributed by atoms with Gasteiger partial charge in [-0.05, 0) is 19.1 Å². The second-order valence-corrected chi connectivity index (χ2v) is 3.86. The fourth-order valence-electron chi connectivity index (χ4n) is 1.87. The Morgan fingerprint density at radius 3 is 2.68 bits per heavy atom. The molecule has 0 spiro atoms. The van der Waals surface area contributed by atoms with E-state index < -0.39 is 0 Å². The molecule has 5 heteroatoms. The molecule has 0 atom stereocenters. The Labute approximate surface area is 112 Å². The molecule has 0 bridgehead atoms. The molecular weight excluding hydrogens is 242 g/mol. The third-order valence-corrected chi connectivity index (χ3v) is 2.70. The number of rotatable bonds is 5. The monoisotopic (exact) mass is 259 g/mol. The normalized spacial score (nSPS) is 10.1. The minimum Gasteiger partial charge on any atom is -0.493 e. The van der Waals surface area contributed by atoms with Gasteiger partial charge in [0.1, 0.15) is 12.1 Å². The van der Waals surface area contributed by atoms with Gasteiger partial charge in [0.05, 0.1) is 19.9 Å². The van der Waals surface area contributed by atoms with Crippen LogP contribution in [0.25, 0.3) is 11.3 Å². The van der Waals surface area contributed by atoms with E-state index in [1.165, 1.54) is 6.33 Å². The van der Waals surface area contributed by atoms with Gasteiger partial charge >= 0.3 is 0 Å². The van der Waals surface area contributed by atoms with Gasteiger partial charge in [-0.1, -0.05) is 6.07 Å². The summed E-state index contributed by atoms with van der Waals surface area (Å²) in [6, 6.07) is 7.60. The van der Waals surface area contributed by atoms with Crippen molar-refractivity contribution in [2.45, 2.75) is 6.92 Å². The second-order valence-electron chi connectivity index (χ2n) is 3.86. The molecule has 0 aliphatic rings. The molecule has 0 saturated heterocycles. The zero-order valence-electron chi connectivity index (χ0n) is 11.3. The number of benzene rings is 1. The Hall–Kier alpha value is -2.30. The van der Waals surface area contributed by atoms with Crippen molar-refractivity contribution in [2.24, 2.45) is 0 Å². The third kappa shape index (κ3) is 2.76. The summed E-state index contributed by atoms with van der Waals surface area (Å²) in [7, 11) is 3.24. The van der Waals surface area contributed by atoms with E-state index >= 15 is 0 Å². The van der Waals surface area contributed by atoms with Gasteiger partial charge in [0, 0.05) is 18.2 Å². The SMILES string of the molecule is CCNc1cc(-c2cccc(OC)c2OC)ncn1. The molecule has 0 fully saturated rings. The number of methoxy groups -OCH3 is 2. The lowest BCUT2D eigenvalue weighted by Crippen LogP contribution is -2.00. The fourth-order valence-corrected chi connectivity index (χ4v) is 1.87. The Morgan fingerprint density at radius 2 is 2.00 bits per heavy atom. The van der Waals surface area contributed by atoms with Gasteiger partial charge < -0.3 is 14.8 Å². The first-order valence-electron chi connectivity index (χ1n) is 6.07. The van der Waals surface area contributed by atoms with Gasteiger partial charge in [0.15, 0.2) is 11.5 Å². The molecule has 0 amide bonds. The fraction of sp³-hybridized carbons (Fsp3) is 0.286. The smallest absolute Gasteiger partial charge is 0.170 e. The molecule has 0 aliphatic heterocycles. The van der Waals surface area contributed by atoms with Crippen LogP contribution in [0.15, 0.2) is 30.6 Å². The minimum atomic E-state index is 0.672. The quantitative estimate of drug-likeness (QED) is 0.894. The number of aromatic nitrogens is 2. The van der Waals surface area contributed by atoms with E-state index in [2.05, 4.69) is 15.3 Å². The van der Waals surface area contributed by atoms with Crippen LogP contribution in [0.2, 0.25) is 0 Å². The third-order valence-electron chi connectivity index (χ3n) is 2.70. The maximum Gasteiger partial charge on any atom is 0.170 e. The van der Waals surface area contributed by atoms with Crippen LogP contribution in [0.3, 0.4) is 0 Å². The molecule has 0 radical (unpaired) electrons. The van der Waals surface area contributed by atoms with Gasteiger partial charge in [0.25, 0.3) is 0 Å². The number of nitrogens with zero attached hydrogens (tertiary/aromatic N) is 2. The standard InChI is InChI=1S/C14H17N3O2/c1-4-15-13-8-11(16-9-17-13)10-6-5-7-12(18-2)14(10)19-3/h5-9H,4H2,1-3H3,(H,15,16,17). The van der Waals surface area contributed by atoms with E-state index in [0.717, 1.165) is 23.6 Å². The topological polar surface area (TPSA) is 56.3 Å². The molecule has 5 nitrogen and oxygen atoms in total.